The smallest absolute Gasteiger partial charge is 0.287 e. The Bertz CT molecular complexity index is 791. The summed E-state index contributed by atoms with van der Waals surface area (Å²) in [4.78, 5) is 34.1. The Morgan fingerprint density at radius 3 is 2.59 bits per heavy atom. The van der Waals surface area contributed by atoms with Gasteiger partial charge in [0.2, 0.25) is 5.82 Å². The lowest BCUT2D eigenvalue weighted by atomic mass is 10.2. The standard InChI is InChI=1S/C20H29N5O2/c1-23(2)12-9-11-21-19(26)18-22-17(16-10-5-8-15-25(16)18)20(27)24-13-6-3-4-7-14-24/h5,8,10,15H,3-4,6-7,9,11-14H2,1-2H3,(H,21,26). The molecular weight excluding hydrogens is 342 g/mol. The minimum atomic E-state index is -0.245. The molecule has 3 rings (SSSR count). The van der Waals surface area contributed by atoms with E-state index in [4.69, 9.17) is 0 Å². The summed E-state index contributed by atoms with van der Waals surface area (Å²) < 4.78 is 1.71. The zero-order chi connectivity index (χ0) is 19.2. The zero-order valence-corrected chi connectivity index (χ0v) is 16.3. The van der Waals surface area contributed by atoms with Crippen LogP contribution in [0.2, 0.25) is 0 Å². The number of nitrogens with one attached hydrogen (secondary N) is 1. The fraction of sp³-hybridized carbons (Fsp3) is 0.550. The Labute approximate surface area is 160 Å². The second-order valence-electron chi connectivity index (χ2n) is 7.36. The van der Waals surface area contributed by atoms with Gasteiger partial charge in [0.15, 0.2) is 5.69 Å². The number of hydrogen-bond donors (Lipinski definition) is 1. The third-order valence-electron chi connectivity index (χ3n) is 4.91. The molecule has 0 bridgehead atoms. The molecule has 3 heterocycles. The predicted octanol–water partition coefficient (Wildman–Crippen LogP) is 2.03. The Balaban J connectivity index is 1.80. The van der Waals surface area contributed by atoms with Crippen molar-refractivity contribution in [1.82, 2.24) is 24.5 Å². The number of imidazole rings is 1. The number of aromatic nitrogens is 2. The number of rotatable bonds is 6. The van der Waals surface area contributed by atoms with Crippen LogP contribution in [0.1, 0.15) is 53.2 Å². The number of likely N-dealkylation sites (tertiary alicyclic amines) is 1. The molecule has 0 atom stereocenters. The van der Waals surface area contributed by atoms with Crippen LogP contribution in [0, 0.1) is 0 Å². The predicted molar refractivity (Wildman–Crippen MR) is 105 cm³/mol. The van der Waals surface area contributed by atoms with Crippen LogP contribution in [0.15, 0.2) is 24.4 Å². The van der Waals surface area contributed by atoms with Crippen LogP contribution in [0.25, 0.3) is 5.52 Å². The third kappa shape index (κ3) is 4.66. The van der Waals surface area contributed by atoms with Gasteiger partial charge in [-0.25, -0.2) is 4.98 Å². The summed E-state index contributed by atoms with van der Waals surface area (Å²) in [6.07, 6.45) is 7.02. The monoisotopic (exact) mass is 371 g/mol. The van der Waals surface area contributed by atoms with Gasteiger partial charge in [-0.3, -0.25) is 14.0 Å². The normalized spacial score (nSPS) is 15.1. The molecule has 1 saturated heterocycles. The van der Waals surface area contributed by atoms with E-state index in [2.05, 4.69) is 15.2 Å². The number of pyridine rings is 1. The van der Waals surface area contributed by atoms with Crippen molar-refractivity contribution in [2.24, 2.45) is 0 Å². The van der Waals surface area contributed by atoms with Gasteiger partial charge in [0.1, 0.15) is 0 Å². The first-order chi connectivity index (χ1) is 13.1. The van der Waals surface area contributed by atoms with Gasteiger partial charge < -0.3 is 15.1 Å². The highest BCUT2D eigenvalue weighted by Gasteiger charge is 2.25. The van der Waals surface area contributed by atoms with Gasteiger partial charge in [-0.05, 0) is 52.0 Å². The van der Waals surface area contributed by atoms with Crippen LogP contribution in [0.3, 0.4) is 0 Å². The summed E-state index contributed by atoms with van der Waals surface area (Å²) in [5.74, 6) is -0.0502. The van der Waals surface area contributed by atoms with Crippen molar-refractivity contribution in [3.8, 4) is 0 Å². The number of carbonyl (C=O) groups excluding carboxylic acids is 2. The summed E-state index contributed by atoms with van der Waals surface area (Å²) in [6, 6.07) is 5.56. The maximum atomic E-state index is 13.1. The molecular formula is C20H29N5O2. The maximum Gasteiger partial charge on any atom is 0.287 e. The minimum Gasteiger partial charge on any atom is -0.349 e. The van der Waals surface area contributed by atoms with Gasteiger partial charge in [-0.15, -0.1) is 0 Å². The van der Waals surface area contributed by atoms with Crippen molar-refractivity contribution in [1.29, 1.82) is 0 Å². The Morgan fingerprint density at radius 2 is 1.89 bits per heavy atom. The average Bonchev–Trinajstić information content (AvgIpc) is 2.84. The molecule has 2 aromatic heterocycles. The van der Waals surface area contributed by atoms with E-state index in [1.807, 2.05) is 37.2 Å². The van der Waals surface area contributed by atoms with Crippen molar-refractivity contribution in [3.05, 3.63) is 35.9 Å². The second-order valence-corrected chi connectivity index (χ2v) is 7.36. The van der Waals surface area contributed by atoms with E-state index in [0.717, 1.165) is 51.7 Å². The molecule has 0 unspecified atom stereocenters. The van der Waals surface area contributed by atoms with E-state index in [1.165, 1.54) is 0 Å². The van der Waals surface area contributed by atoms with Gasteiger partial charge >= 0.3 is 0 Å². The summed E-state index contributed by atoms with van der Waals surface area (Å²) >= 11 is 0. The van der Waals surface area contributed by atoms with Crippen LogP contribution < -0.4 is 5.32 Å². The van der Waals surface area contributed by atoms with Crippen molar-refractivity contribution >= 4 is 17.3 Å². The highest BCUT2D eigenvalue weighted by Crippen LogP contribution is 2.18. The molecule has 0 aliphatic carbocycles. The van der Waals surface area contributed by atoms with Crippen LogP contribution in [-0.2, 0) is 0 Å². The summed E-state index contributed by atoms with van der Waals surface area (Å²) in [5, 5.41) is 2.91. The van der Waals surface area contributed by atoms with E-state index in [0.29, 0.717) is 17.8 Å². The highest BCUT2D eigenvalue weighted by atomic mass is 16.2. The van der Waals surface area contributed by atoms with Crippen LogP contribution >= 0.6 is 0 Å². The number of fused-ring (bicyclic) bond motifs is 1. The van der Waals surface area contributed by atoms with Crippen molar-refractivity contribution in [2.75, 3.05) is 40.3 Å². The molecule has 1 aliphatic rings. The molecule has 0 aromatic carbocycles. The number of carbonyl (C=O) groups is 2. The van der Waals surface area contributed by atoms with E-state index >= 15 is 0 Å². The molecule has 0 radical (unpaired) electrons. The lowest BCUT2D eigenvalue weighted by molar-refractivity contribution is 0.0758. The van der Waals surface area contributed by atoms with Gasteiger partial charge in [-0.1, -0.05) is 18.9 Å². The van der Waals surface area contributed by atoms with Crippen molar-refractivity contribution < 1.29 is 9.59 Å². The molecule has 27 heavy (non-hydrogen) atoms. The molecule has 0 spiro atoms. The minimum absolute atomic E-state index is 0.0766. The average molecular weight is 371 g/mol. The fourth-order valence-electron chi connectivity index (χ4n) is 3.46. The molecule has 2 aromatic rings. The van der Waals surface area contributed by atoms with E-state index in [-0.39, 0.29) is 17.6 Å². The van der Waals surface area contributed by atoms with Gasteiger partial charge in [0, 0.05) is 25.8 Å². The van der Waals surface area contributed by atoms with Crippen molar-refractivity contribution in [3.63, 3.8) is 0 Å². The van der Waals surface area contributed by atoms with Crippen molar-refractivity contribution in [2.45, 2.75) is 32.1 Å². The molecule has 1 N–H and O–H groups in total. The lowest BCUT2D eigenvalue weighted by Crippen LogP contribution is -2.32. The lowest BCUT2D eigenvalue weighted by Gasteiger charge is -2.19. The Hall–Kier alpha value is -2.41. The molecule has 1 aliphatic heterocycles. The van der Waals surface area contributed by atoms with Gasteiger partial charge in [0.05, 0.1) is 5.52 Å². The van der Waals surface area contributed by atoms with Crippen LogP contribution in [-0.4, -0.2) is 71.3 Å². The number of nitrogens with zero attached hydrogens (tertiary/aromatic N) is 4. The molecule has 2 amide bonds. The van der Waals surface area contributed by atoms with Crippen LogP contribution in [0.5, 0.6) is 0 Å². The fourth-order valence-corrected chi connectivity index (χ4v) is 3.46. The van der Waals surface area contributed by atoms with E-state index in [9.17, 15) is 9.59 Å². The first-order valence-electron chi connectivity index (χ1n) is 9.77. The summed E-state index contributed by atoms with van der Waals surface area (Å²) in [7, 11) is 4.01. The van der Waals surface area contributed by atoms with Gasteiger partial charge in [0.25, 0.3) is 11.8 Å². The maximum absolute atomic E-state index is 13.1. The first kappa shape index (κ1) is 19.4. The summed E-state index contributed by atoms with van der Waals surface area (Å²) in [6.45, 7) is 3.00. The molecule has 0 saturated carbocycles. The van der Waals surface area contributed by atoms with Gasteiger partial charge in [-0.2, -0.15) is 0 Å². The molecule has 1 fully saturated rings. The molecule has 7 nitrogen and oxygen atoms in total. The van der Waals surface area contributed by atoms with E-state index in [1.54, 1.807) is 10.6 Å². The zero-order valence-electron chi connectivity index (χ0n) is 16.3. The Morgan fingerprint density at radius 1 is 1.15 bits per heavy atom. The van der Waals surface area contributed by atoms with Crippen LogP contribution in [0.4, 0.5) is 0 Å². The van der Waals surface area contributed by atoms with E-state index < -0.39 is 0 Å². The number of hydrogen-bond acceptors (Lipinski definition) is 4. The molecule has 146 valence electrons. The Kier molecular flexibility index (Phi) is 6.45. The largest absolute Gasteiger partial charge is 0.349 e. The highest BCUT2D eigenvalue weighted by molar-refractivity contribution is 6.02. The first-order valence-corrected chi connectivity index (χ1v) is 9.77. The number of amides is 2. The second kappa shape index (κ2) is 8.99. The topological polar surface area (TPSA) is 70.0 Å². The SMILES string of the molecule is CN(C)CCCNC(=O)c1nc(C(=O)N2CCCCCC2)c2ccccn12. The molecule has 7 heteroatoms. The third-order valence-corrected chi connectivity index (χ3v) is 4.91. The quantitative estimate of drug-likeness (QED) is 0.789. The summed E-state index contributed by atoms with van der Waals surface area (Å²) in [5.41, 5.74) is 1.06.